The monoisotopic (exact) mass is 266 g/mol. The lowest BCUT2D eigenvalue weighted by Gasteiger charge is -2.27. The Labute approximate surface area is 115 Å². The summed E-state index contributed by atoms with van der Waals surface area (Å²) in [6.07, 6.45) is 6.34. The molecule has 108 valence electrons. The van der Waals surface area contributed by atoms with Gasteiger partial charge in [-0.25, -0.2) is 0 Å². The summed E-state index contributed by atoms with van der Waals surface area (Å²) in [7, 11) is 0. The van der Waals surface area contributed by atoms with Crippen LogP contribution in [-0.4, -0.2) is 22.3 Å². The molecular formula is C14H26N4O. The van der Waals surface area contributed by atoms with E-state index in [9.17, 15) is 0 Å². The van der Waals surface area contributed by atoms with E-state index in [4.69, 9.17) is 4.42 Å². The van der Waals surface area contributed by atoms with Crippen LogP contribution in [0.1, 0.15) is 58.8 Å². The molecule has 1 saturated carbocycles. The fourth-order valence-corrected chi connectivity index (χ4v) is 2.56. The second-order valence-corrected chi connectivity index (χ2v) is 5.81. The predicted molar refractivity (Wildman–Crippen MR) is 75.9 cm³/mol. The van der Waals surface area contributed by atoms with Gasteiger partial charge in [-0.1, -0.05) is 32.3 Å². The van der Waals surface area contributed by atoms with Gasteiger partial charge < -0.3 is 15.1 Å². The second kappa shape index (κ2) is 6.89. The van der Waals surface area contributed by atoms with Gasteiger partial charge in [0, 0.05) is 12.1 Å². The Morgan fingerprint density at radius 3 is 2.58 bits per heavy atom. The van der Waals surface area contributed by atoms with Crippen LogP contribution in [0.4, 0.5) is 6.01 Å². The minimum atomic E-state index is 0.424. The molecular weight excluding hydrogens is 240 g/mol. The van der Waals surface area contributed by atoms with Gasteiger partial charge in [0.05, 0.1) is 6.54 Å². The summed E-state index contributed by atoms with van der Waals surface area (Å²) in [5, 5.41) is 14.7. The Hall–Kier alpha value is -1.10. The lowest BCUT2D eigenvalue weighted by atomic mass is 9.85. The van der Waals surface area contributed by atoms with Crippen LogP contribution in [0, 0.1) is 5.92 Å². The van der Waals surface area contributed by atoms with E-state index >= 15 is 0 Å². The summed E-state index contributed by atoms with van der Waals surface area (Å²) >= 11 is 0. The lowest BCUT2D eigenvalue weighted by Crippen LogP contribution is -2.26. The fraction of sp³-hybridized carbons (Fsp3) is 0.857. The smallest absolute Gasteiger partial charge is 0.315 e. The average molecular weight is 266 g/mol. The quantitative estimate of drug-likeness (QED) is 0.829. The first-order chi connectivity index (χ1) is 9.17. The van der Waals surface area contributed by atoms with Crippen molar-refractivity contribution < 1.29 is 4.42 Å². The zero-order valence-electron chi connectivity index (χ0n) is 12.3. The molecule has 2 rings (SSSR count). The Bertz CT molecular complexity index is 369. The van der Waals surface area contributed by atoms with Crippen molar-refractivity contribution in [3.05, 3.63) is 5.89 Å². The van der Waals surface area contributed by atoms with Gasteiger partial charge in [0.25, 0.3) is 0 Å². The molecule has 0 aliphatic heterocycles. The molecule has 0 aromatic carbocycles. The SMILES string of the molecule is CCC1CCC(Nc2nnc(CNC(C)C)o2)CC1. The standard InChI is InChI=1S/C14H26N4O/c1-4-11-5-7-12(8-6-11)16-14-18-17-13(19-14)9-15-10(2)3/h10-12,15H,4-9H2,1-3H3,(H,16,18). The van der Waals surface area contributed by atoms with Gasteiger partial charge in [0.1, 0.15) is 0 Å². The molecule has 2 N–H and O–H groups in total. The van der Waals surface area contributed by atoms with Crippen LogP contribution in [0.5, 0.6) is 0 Å². The Morgan fingerprint density at radius 2 is 1.95 bits per heavy atom. The van der Waals surface area contributed by atoms with Crippen molar-refractivity contribution in [3.63, 3.8) is 0 Å². The minimum absolute atomic E-state index is 0.424. The van der Waals surface area contributed by atoms with Crippen molar-refractivity contribution in [3.8, 4) is 0 Å². The molecule has 0 spiro atoms. The van der Waals surface area contributed by atoms with Gasteiger partial charge >= 0.3 is 6.01 Å². The van der Waals surface area contributed by atoms with Gasteiger partial charge in [0.15, 0.2) is 0 Å². The highest BCUT2D eigenvalue weighted by Crippen LogP contribution is 2.28. The molecule has 0 unspecified atom stereocenters. The highest BCUT2D eigenvalue weighted by molar-refractivity contribution is 5.19. The van der Waals surface area contributed by atoms with Crippen molar-refractivity contribution in [1.82, 2.24) is 15.5 Å². The van der Waals surface area contributed by atoms with Gasteiger partial charge in [-0.2, -0.15) is 0 Å². The van der Waals surface area contributed by atoms with Gasteiger partial charge in [-0.15, -0.1) is 5.10 Å². The molecule has 0 saturated heterocycles. The van der Waals surface area contributed by atoms with Crippen LogP contribution in [0.15, 0.2) is 4.42 Å². The third kappa shape index (κ3) is 4.49. The third-order valence-corrected chi connectivity index (χ3v) is 3.88. The summed E-state index contributed by atoms with van der Waals surface area (Å²) in [5.74, 6) is 1.56. The zero-order chi connectivity index (χ0) is 13.7. The number of nitrogens with one attached hydrogen (secondary N) is 2. The summed E-state index contributed by atoms with van der Waals surface area (Å²) in [6, 6.07) is 1.49. The Balaban J connectivity index is 1.77. The lowest BCUT2D eigenvalue weighted by molar-refractivity contribution is 0.326. The van der Waals surface area contributed by atoms with Crippen molar-refractivity contribution in [2.75, 3.05) is 5.32 Å². The fourth-order valence-electron chi connectivity index (χ4n) is 2.56. The molecule has 0 atom stereocenters. The molecule has 1 aliphatic carbocycles. The van der Waals surface area contributed by atoms with Crippen LogP contribution in [0.25, 0.3) is 0 Å². The number of nitrogens with zero attached hydrogens (tertiary/aromatic N) is 2. The minimum Gasteiger partial charge on any atom is -0.407 e. The highest BCUT2D eigenvalue weighted by Gasteiger charge is 2.21. The number of aromatic nitrogens is 2. The molecule has 0 amide bonds. The van der Waals surface area contributed by atoms with E-state index < -0.39 is 0 Å². The topological polar surface area (TPSA) is 63.0 Å². The van der Waals surface area contributed by atoms with E-state index in [-0.39, 0.29) is 0 Å². The number of hydrogen-bond acceptors (Lipinski definition) is 5. The van der Waals surface area contributed by atoms with E-state index in [0.29, 0.717) is 30.5 Å². The predicted octanol–water partition coefficient (Wildman–Crippen LogP) is 2.95. The van der Waals surface area contributed by atoms with Crippen LogP contribution >= 0.6 is 0 Å². The normalized spacial score (nSPS) is 23.8. The molecule has 1 fully saturated rings. The van der Waals surface area contributed by atoms with Crippen molar-refractivity contribution in [1.29, 1.82) is 0 Å². The zero-order valence-corrected chi connectivity index (χ0v) is 12.3. The third-order valence-electron chi connectivity index (χ3n) is 3.88. The summed E-state index contributed by atoms with van der Waals surface area (Å²) < 4.78 is 5.59. The molecule has 5 heteroatoms. The molecule has 5 nitrogen and oxygen atoms in total. The second-order valence-electron chi connectivity index (χ2n) is 5.81. The number of hydrogen-bond donors (Lipinski definition) is 2. The maximum Gasteiger partial charge on any atom is 0.315 e. The van der Waals surface area contributed by atoms with Crippen LogP contribution in [0.2, 0.25) is 0 Å². The van der Waals surface area contributed by atoms with Gasteiger partial charge in [0.2, 0.25) is 5.89 Å². The molecule has 0 bridgehead atoms. The first kappa shape index (κ1) is 14.3. The maximum atomic E-state index is 5.59. The number of anilines is 1. The van der Waals surface area contributed by atoms with Gasteiger partial charge in [-0.3, -0.25) is 0 Å². The van der Waals surface area contributed by atoms with Crippen LogP contribution in [-0.2, 0) is 6.54 Å². The highest BCUT2D eigenvalue weighted by atomic mass is 16.4. The summed E-state index contributed by atoms with van der Waals surface area (Å²) in [4.78, 5) is 0. The Morgan fingerprint density at radius 1 is 1.21 bits per heavy atom. The van der Waals surface area contributed by atoms with Crippen LogP contribution < -0.4 is 10.6 Å². The van der Waals surface area contributed by atoms with E-state index in [1.807, 2.05) is 0 Å². The summed E-state index contributed by atoms with van der Waals surface area (Å²) in [6.45, 7) is 7.11. The van der Waals surface area contributed by atoms with E-state index in [1.165, 1.54) is 32.1 Å². The van der Waals surface area contributed by atoms with E-state index in [2.05, 4.69) is 41.6 Å². The van der Waals surface area contributed by atoms with Crippen LogP contribution in [0.3, 0.4) is 0 Å². The molecule has 0 radical (unpaired) electrons. The van der Waals surface area contributed by atoms with Crippen molar-refractivity contribution in [2.45, 2.75) is 71.5 Å². The first-order valence-electron chi connectivity index (χ1n) is 7.49. The average Bonchev–Trinajstić information content (AvgIpc) is 2.85. The van der Waals surface area contributed by atoms with E-state index in [0.717, 1.165) is 5.92 Å². The first-order valence-corrected chi connectivity index (χ1v) is 7.49. The molecule has 1 heterocycles. The molecule has 1 aromatic rings. The van der Waals surface area contributed by atoms with Crippen molar-refractivity contribution in [2.24, 2.45) is 5.92 Å². The molecule has 19 heavy (non-hydrogen) atoms. The van der Waals surface area contributed by atoms with Gasteiger partial charge in [-0.05, 0) is 31.6 Å². The molecule has 1 aromatic heterocycles. The largest absolute Gasteiger partial charge is 0.407 e. The summed E-state index contributed by atoms with van der Waals surface area (Å²) in [5.41, 5.74) is 0. The molecule has 1 aliphatic rings. The van der Waals surface area contributed by atoms with Crippen molar-refractivity contribution >= 4 is 6.01 Å². The maximum absolute atomic E-state index is 5.59. The van der Waals surface area contributed by atoms with E-state index in [1.54, 1.807) is 0 Å². The number of rotatable bonds is 6. The Kier molecular flexibility index (Phi) is 5.19.